The molecule has 1 fully saturated rings. The van der Waals surface area contributed by atoms with Crippen molar-refractivity contribution in [3.63, 3.8) is 0 Å². The first-order chi connectivity index (χ1) is 20.2. The predicted molar refractivity (Wildman–Crippen MR) is 154 cm³/mol. The van der Waals surface area contributed by atoms with Crippen LogP contribution in [0.15, 0.2) is 76.7 Å². The molecule has 2 heterocycles. The molecular weight excluding hydrogens is 588 g/mol. The Labute approximate surface area is 244 Å². The van der Waals surface area contributed by atoms with Gasteiger partial charge in [-0.1, -0.05) is 23.5 Å². The molecule has 1 saturated heterocycles. The van der Waals surface area contributed by atoms with Crippen molar-refractivity contribution in [3.05, 3.63) is 89.5 Å². The number of benzene rings is 3. The van der Waals surface area contributed by atoms with Crippen molar-refractivity contribution in [2.24, 2.45) is 5.10 Å². The maximum absolute atomic E-state index is 13.8. The molecule has 0 bridgehead atoms. The number of sulfonamides is 1. The van der Waals surface area contributed by atoms with Gasteiger partial charge in [0, 0.05) is 31.7 Å². The second-order valence-electron chi connectivity index (χ2n) is 9.14. The van der Waals surface area contributed by atoms with Crippen LogP contribution in [0.25, 0.3) is 10.2 Å². The largest absolute Gasteiger partial charge is 0.450 e. The molecule has 0 aliphatic carbocycles. The number of hydrazone groups is 1. The summed E-state index contributed by atoms with van der Waals surface area (Å²) in [6.45, 7) is 2.53. The number of aromatic nitrogens is 1. The van der Waals surface area contributed by atoms with Crippen molar-refractivity contribution in [1.29, 1.82) is 0 Å². The summed E-state index contributed by atoms with van der Waals surface area (Å²) in [7, 11) is -3.89. The van der Waals surface area contributed by atoms with Crippen LogP contribution >= 0.6 is 11.3 Å². The second-order valence-corrected chi connectivity index (χ2v) is 12.1. The van der Waals surface area contributed by atoms with Crippen molar-refractivity contribution >= 4 is 54.9 Å². The van der Waals surface area contributed by atoms with E-state index in [-0.39, 0.29) is 48.4 Å². The topological polar surface area (TPSA) is 112 Å². The number of amides is 2. The molecule has 42 heavy (non-hydrogen) atoms. The Morgan fingerprint density at radius 3 is 2.33 bits per heavy atom. The minimum atomic E-state index is -3.89. The van der Waals surface area contributed by atoms with Crippen LogP contribution in [0.1, 0.15) is 22.8 Å². The fourth-order valence-electron chi connectivity index (χ4n) is 4.21. The smallest absolute Gasteiger partial charge is 0.409 e. The van der Waals surface area contributed by atoms with Crippen molar-refractivity contribution in [2.45, 2.75) is 11.8 Å². The number of ether oxygens (including phenoxy) is 1. The van der Waals surface area contributed by atoms with Gasteiger partial charge in [0.05, 0.1) is 27.9 Å². The molecule has 0 radical (unpaired) electrons. The molecular formula is C28H25F2N5O5S2. The van der Waals surface area contributed by atoms with Crippen LogP contribution in [0, 0.1) is 11.6 Å². The number of thiazole rings is 1. The summed E-state index contributed by atoms with van der Waals surface area (Å²) in [5.74, 6) is -1.49. The summed E-state index contributed by atoms with van der Waals surface area (Å²) < 4.78 is 60.4. The van der Waals surface area contributed by atoms with Crippen molar-refractivity contribution in [2.75, 3.05) is 37.8 Å². The maximum atomic E-state index is 13.8. The van der Waals surface area contributed by atoms with E-state index >= 15 is 0 Å². The third-order valence-corrected chi connectivity index (χ3v) is 9.32. The highest BCUT2D eigenvalue weighted by Crippen LogP contribution is 2.31. The van der Waals surface area contributed by atoms with E-state index in [0.29, 0.717) is 15.8 Å². The first-order valence-electron chi connectivity index (χ1n) is 12.9. The highest BCUT2D eigenvalue weighted by molar-refractivity contribution is 7.89. The van der Waals surface area contributed by atoms with Gasteiger partial charge < -0.3 is 9.64 Å². The lowest BCUT2D eigenvalue weighted by Crippen LogP contribution is -2.50. The van der Waals surface area contributed by atoms with Crippen molar-refractivity contribution in [3.8, 4) is 0 Å². The number of carbonyl (C=O) groups excluding carboxylic acids is 2. The summed E-state index contributed by atoms with van der Waals surface area (Å²) in [5, 5.41) is 5.48. The summed E-state index contributed by atoms with van der Waals surface area (Å²) in [6, 6.07) is 14.9. The van der Waals surface area contributed by atoms with Crippen LogP contribution in [-0.4, -0.2) is 73.6 Å². The third-order valence-electron chi connectivity index (χ3n) is 6.41. The summed E-state index contributed by atoms with van der Waals surface area (Å²) in [5.41, 5.74) is 1.12. The van der Waals surface area contributed by atoms with E-state index in [0.717, 1.165) is 16.3 Å². The summed E-state index contributed by atoms with van der Waals surface area (Å²) in [4.78, 5) is 31.4. The number of fused-ring (bicyclic) bond motifs is 1. The number of halogens is 2. The van der Waals surface area contributed by atoms with Gasteiger partial charge in [-0.2, -0.15) is 14.4 Å². The van der Waals surface area contributed by atoms with E-state index in [1.807, 2.05) is 0 Å². The molecule has 0 N–H and O–H groups in total. The number of anilines is 1. The van der Waals surface area contributed by atoms with Gasteiger partial charge in [-0.25, -0.2) is 27.0 Å². The lowest BCUT2D eigenvalue weighted by atomic mass is 10.2. The van der Waals surface area contributed by atoms with Crippen LogP contribution in [0.3, 0.4) is 0 Å². The number of hydrogen-bond donors (Lipinski definition) is 0. The molecule has 3 aromatic carbocycles. The first kappa shape index (κ1) is 29.2. The SMILES string of the molecule is CCOC(=O)N1CCN(S(=O)(=O)c2ccc(C(=O)N(/N=C/c3ccc(F)cc3)c3nc4ccc(F)cc4s3)cc2)CC1. The third kappa shape index (κ3) is 6.30. The van der Waals surface area contributed by atoms with Gasteiger partial charge in [0.1, 0.15) is 11.6 Å². The predicted octanol–water partition coefficient (Wildman–Crippen LogP) is 4.72. The number of nitrogens with zero attached hydrogens (tertiary/aromatic N) is 5. The average Bonchev–Trinajstić information content (AvgIpc) is 3.41. The highest BCUT2D eigenvalue weighted by atomic mass is 32.2. The summed E-state index contributed by atoms with van der Waals surface area (Å²) >= 11 is 1.05. The highest BCUT2D eigenvalue weighted by Gasteiger charge is 2.31. The zero-order valence-electron chi connectivity index (χ0n) is 22.3. The molecule has 0 spiro atoms. The molecule has 218 valence electrons. The average molecular weight is 614 g/mol. The molecule has 5 rings (SSSR count). The van der Waals surface area contributed by atoms with Crippen LogP contribution in [0.5, 0.6) is 0 Å². The Morgan fingerprint density at radius 2 is 1.67 bits per heavy atom. The molecule has 2 amide bonds. The van der Waals surface area contributed by atoms with E-state index in [9.17, 15) is 26.8 Å². The zero-order chi connectivity index (χ0) is 29.9. The van der Waals surface area contributed by atoms with E-state index < -0.39 is 33.7 Å². The minimum absolute atomic E-state index is 0.0135. The van der Waals surface area contributed by atoms with Crippen molar-refractivity contribution in [1.82, 2.24) is 14.2 Å². The number of rotatable bonds is 7. The first-order valence-corrected chi connectivity index (χ1v) is 15.1. The number of carbonyl (C=O) groups is 2. The molecule has 0 saturated carbocycles. The van der Waals surface area contributed by atoms with Gasteiger partial charge in [-0.3, -0.25) is 4.79 Å². The normalized spacial score (nSPS) is 14.4. The Hall–Kier alpha value is -4.27. The molecule has 14 heteroatoms. The fraction of sp³-hybridized carbons (Fsp3) is 0.214. The van der Waals surface area contributed by atoms with Crippen LogP contribution < -0.4 is 5.01 Å². The molecule has 0 atom stereocenters. The van der Waals surface area contributed by atoms with E-state index in [2.05, 4.69) is 10.1 Å². The Bertz CT molecular complexity index is 1740. The molecule has 4 aromatic rings. The standard InChI is InChI=1S/C28H25F2N5O5S2/c1-2-40-28(37)33-13-15-34(16-14-33)42(38,39)23-10-5-20(6-11-23)26(36)35(31-18-19-3-7-21(29)8-4-19)27-32-24-12-9-22(30)17-25(24)41-27/h3-12,17-18H,2,13-16H2,1H3/b31-18+. The molecule has 1 aromatic heterocycles. The van der Waals surface area contributed by atoms with Gasteiger partial charge in [-0.05, 0) is 67.1 Å². The lowest BCUT2D eigenvalue weighted by Gasteiger charge is -2.33. The van der Waals surface area contributed by atoms with Gasteiger partial charge in [0.15, 0.2) is 0 Å². The molecule has 10 nitrogen and oxygen atoms in total. The van der Waals surface area contributed by atoms with E-state index in [1.54, 1.807) is 6.92 Å². The Kier molecular flexibility index (Phi) is 8.56. The van der Waals surface area contributed by atoms with Gasteiger partial charge in [0.2, 0.25) is 15.2 Å². The van der Waals surface area contributed by atoms with E-state index in [1.165, 1.54) is 82.1 Å². The van der Waals surface area contributed by atoms with Crippen LogP contribution in [0.4, 0.5) is 18.7 Å². The lowest BCUT2D eigenvalue weighted by molar-refractivity contribution is 0.0933. The second kappa shape index (κ2) is 12.3. The van der Waals surface area contributed by atoms with Crippen molar-refractivity contribution < 1.29 is 31.5 Å². The number of piperazine rings is 1. The Balaban J connectivity index is 1.38. The summed E-state index contributed by atoms with van der Waals surface area (Å²) in [6.07, 6.45) is 0.876. The minimum Gasteiger partial charge on any atom is -0.450 e. The number of hydrogen-bond acceptors (Lipinski definition) is 8. The van der Waals surface area contributed by atoms with Gasteiger partial charge >= 0.3 is 6.09 Å². The monoisotopic (exact) mass is 613 g/mol. The van der Waals surface area contributed by atoms with Crippen LogP contribution in [-0.2, 0) is 14.8 Å². The molecule has 1 aliphatic rings. The van der Waals surface area contributed by atoms with Gasteiger partial charge in [0.25, 0.3) is 5.91 Å². The molecule has 1 aliphatic heterocycles. The quantitative estimate of drug-likeness (QED) is 0.220. The maximum Gasteiger partial charge on any atom is 0.409 e. The van der Waals surface area contributed by atoms with Crippen LogP contribution in [0.2, 0.25) is 0 Å². The van der Waals surface area contributed by atoms with Gasteiger partial charge in [-0.15, -0.1) is 0 Å². The fourth-order valence-corrected chi connectivity index (χ4v) is 6.57. The zero-order valence-corrected chi connectivity index (χ0v) is 23.9. The Morgan fingerprint density at radius 1 is 1.00 bits per heavy atom. The molecule has 0 unspecified atom stereocenters. The van der Waals surface area contributed by atoms with E-state index in [4.69, 9.17) is 4.74 Å².